The van der Waals surface area contributed by atoms with Crippen molar-refractivity contribution in [3.8, 4) is 0 Å². The summed E-state index contributed by atoms with van der Waals surface area (Å²) in [6.07, 6.45) is 0.708. The van der Waals surface area contributed by atoms with Crippen LogP contribution in [0.4, 0.5) is 17.1 Å². The van der Waals surface area contributed by atoms with Gasteiger partial charge < -0.3 is 20.1 Å². The molecule has 0 aliphatic carbocycles. The lowest BCUT2D eigenvalue weighted by Crippen LogP contribution is -2.31. The van der Waals surface area contributed by atoms with Gasteiger partial charge in [0.2, 0.25) is 5.91 Å². The molecule has 1 unspecified atom stereocenters. The Balaban J connectivity index is 1.56. The van der Waals surface area contributed by atoms with Crippen LogP contribution >= 0.6 is 0 Å². The van der Waals surface area contributed by atoms with Crippen molar-refractivity contribution < 1.29 is 24.2 Å². The molecule has 35 heavy (non-hydrogen) atoms. The van der Waals surface area contributed by atoms with Crippen LogP contribution in [-0.2, 0) is 20.7 Å². The lowest BCUT2D eigenvalue weighted by atomic mass is 9.90. The van der Waals surface area contributed by atoms with Gasteiger partial charge in [-0.05, 0) is 53.4 Å². The fourth-order valence-electron chi connectivity index (χ4n) is 4.63. The average molecular weight is 469 g/mol. The van der Waals surface area contributed by atoms with Crippen LogP contribution in [0, 0.1) is 0 Å². The summed E-state index contributed by atoms with van der Waals surface area (Å²) in [5.74, 6) is -2.10. The SMILES string of the molecule is COCC(=O)N1CCc2cc(N=C(c3ccccc3)C3C(=O)Nc4cc(C(=O)O)ccc43)ccc21. The Morgan fingerprint density at radius 3 is 2.63 bits per heavy atom. The molecule has 0 spiro atoms. The third-order valence-corrected chi connectivity index (χ3v) is 6.25. The Kier molecular flexibility index (Phi) is 5.88. The van der Waals surface area contributed by atoms with Gasteiger partial charge in [-0.2, -0.15) is 0 Å². The third kappa shape index (κ3) is 4.20. The van der Waals surface area contributed by atoms with E-state index < -0.39 is 11.9 Å². The first-order valence-electron chi connectivity index (χ1n) is 11.2. The molecule has 5 rings (SSSR count). The monoisotopic (exact) mass is 469 g/mol. The number of methoxy groups -OCH3 is 1. The zero-order chi connectivity index (χ0) is 24.5. The van der Waals surface area contributed by atoms with Crippen molar-refractivity contribution in [2.45, 2.75) is 12.3 Å². The summed E-state index contributed by atoms with van der Waals surface area (Å²) in [4.78, 5) is 43.4. The number of anilines is 2. The molecule has 1 atom stereocenters. The molecule has 2 aliphatic rings. The summed E-state index contributed by atoms with van der Waals surface area (Å²) in [6, 6.07) is 19.7. The molecule has 2 aliphatic heterocycles. The van der Waals surface area contributed by atoms with Gasteiger partial charge in [-0.1, -0.05) is 36.4 Å². The minimum Gasteiger partial charge on any atom is -0.478 e. The first-order chi connectivity index (χ1) is 17.0. The number of hydrogen-bond acceptors (Lipinski definition) is 5. The fraction of sp³-hybridized carbons (Fsp3) is 0.185. The highest BCUT2D eigenvalue weighted by Gasteiger charge is 2.36. The van der Waals surface area contributed by atoms with Crippen molar-refractivity contribution in [1.29, 1.82) is 0 Å². The minimum atomic E-state index is -1.06. The van der Waals surface area contributed by atoms with E-state index in [0.717, 1.165) is 16.8 Å². The van der Waals surface area contributed by atoms with Gasteiger partial charge >= 0.3 is 5.97 Å². The van der Waals surface area contributed by atoms with Crippen LogP contribution in [0.25, 0.3) is 0 Å². The van der Waals surface area contributed by atoms with Crippen LogP contribution in [0.1, 0.15) is 33.0 Å². The summed E-state index contributed by atoms with van der Waals surface area (Å²) in [6.45, 7) is 0.609. The Bertz CT molecular complexity index is 1370. The van der Waals surface area contributed by atoms with Crippen molar-refractivity contribution in [2.75, 3.05) is 30.5 Å². The van der Waals surface area contributed by atoms with E-state index in [-0.39, 0.29) is 24.0 Å². The molecule has 2 heterocycles. The molecular formula is C27H23N3O5. The van der Waals surface area contributed by atoms with E-state index in [9.17, 15) is 19.5 Å². The molecule has 8 nitrogen and oxygen atoms in total. The van der Waals surface area contributed by atoms with Crippen LogP contribution in [0.5, 0.6) is 0 Å². The molecule has 0 fully saturated rings. The van der Waals surface area contributed by atoms with Gasteiger partial charge in [0.15, 0.2) is 0 Å². The first kappa shape index (κ1) is 22.5. The molecular weight excluding hydrogens is 446 g/mol. The second-order valence-corrected chi connectivity index (χ2v) is 8.43. The van der Waals surface area contributed by atoms with Gasteiger partial charge in [-0.3, -0.25) is 14.6 Å². The molecule has 8 heteroatoms. The number of carboxylic acids is 1. The number of carbonyl (C=O) groups is 3. The molecule has 0 bridgehead atoms. The van der Waals surface area contributed by atoms with Crippen molar-refractivity contribution in [1.82, 2.24) is 0 Å². The molecule has 0 saturated carbocycles. The summed E-state index contributed by atoms with van der Waals surface area (Å²) in [5.41, 5.74) is 5.14. The number of rotatable bonds is 6. The standard InChI is InChI=1S/C27H23N3O5/c1-35-15-23(31)30-12-11-17-13-19(8-10-22(17)30)28-25(16-5-3-2-4-6-16)24-20-9-7-18(27(33)34)14-21(20)29-26(24)32/h2-10,13-14,24H,11-12,15H2,1H3,(H,29,32)(H,33,34). The minimum absolute atomic E-state index is 0.0251. The quantitative estimate of drug-likeness (QED) is 0.534. The highest BCUT2D eigenvalue weighted by Crippen LogP contribution is 2.38. The Morgan fingerprint density at radius 1 is 1.09 bits per heavy atom. The van der Waals surface area contributed by atoms with Crippen molar-refractivity contribution in [2.24, 2.45) is 4.99 Å². The van der Waals surface area contributed by atoms with E-state index in [1.54, 1.807) is 11.0 Å². The predicted octanol–water partition coefficient (Wildman–Crippen LogP) is 3.78. The maximum atomic E-state index is 13.1. The molecule has 176 valence electrons. The zero-order valence-electron chi connectivity index (χ0n) is 19.0. The van der Waals surface area contributed by atoms with E-state index in [4.69, 9.17) is 9.73 Å². The molecule has 2 N–H and O–H groups in total. The Labute approximate surface area is 201 Å². The maximum Gasteiger partial charge on any atom is 0.335 e. The highest BCUT2D eigenvalue weighted by molar-refractivity contribution is 6.24. The summed E-state index contributed by atoms with van der Waals surface area (Å²) in [5, 5.41) is 12.1. The van der Waals surface area contributed by atoms with Crippen molar-refractivity contribution >= 4 is 40.6 Å². The fourth-order valence-corrected chi connectivity index (χ4v) is 4.63. The largest absolute Gasteiger partial charge is 0.478 e. The van der Waals surface area contributed by atoms with Crippen molar-refractivity contribution in [3.63, 3.8) is 0 Å². The summed E-state index contributed by atoms with van der Waals surface area (Å²) < 4.78 is 4.99. The molecule has 3 aromatic rings. The second-order valence-electron chi connectivity index (χ2n) is 8.43. The average Bonchev–Trinajstić information content (AvgIpc) is 3.42. The van der Waals surface area contributed by atoms with Gasteiger partial charge in [0.25, 0.3) is 5.91 Å². The Hall–Kier alpha value is -4.30. The van der Waals surface area contributed by atoms with E-state index in [0.29, 0.717) is 35.6 Å². The topological polar surface area (TPSA) is 108 Å². The number of amides is 2. The smallest absolute Gasteiger partial charge is 0.335 e. The van der Waals surface area contributed by atoms with Gasteiger partial charge in [-0.25, -0.2) is 4.79 Å². The molecule has 3 aromatic carbocycles. The van der Waals surface area contributed by atoms with Crippen molar-refractivity contribution in [3.05, 3.63) is 89.0 Å². The summed E-state index contributed by atoms with van der Waals surface area (Å²) in [7, 11) is 1.50. The zero-order valence-corrected chi connectivity index (χ0v) is 19.0. The lowest BCUT2D eigenvalue weighted by molar-refractivity contribution is -0.122. The van der Waals surface area contributed by atoms with Crippen LogP contribution in [0.15, 0.2) is 71.7 Å². The number of aliphatic imine (C=N–C) groups is 1. The van der Waals surface area contributed by atoms with E-state index in [1.807, 2.05) is 48.5 Å². The molecule has 0 aromatic heterocycles. The van der Waals surface area contributed by atoms with Gasteiger partial charge in [0, 0.05) is 25.0 Å². The summed E-state index contributed by atoms with van der Waals surface area (Å²) >= 11 is 0. The van der Waals surface area contributed by atoms with Crippen LogP contribution in [0.2, 0.25) is 0 Å². The number of fused-ring (bicyclic) bond motifs is 2. The number of carboxylic acid groups (broad SMARTS) is 1. The van der Waals surface area contributed by atoms with Crippen LogP contribution in [-0.4, -0.2) is 48.9 Å². The first-order valence-corrected chi connectivity index (χ1v) is 11.2. The molecule has 2 amide bonds. The number of nitrogens with one attached hydrogen (secondary N) is 1. The van der Waals surface area contributed by atoms with Gasteiger partial charge in [0.05, 0.1) is 17.0 Å². The predicted molar refractivity (Wildman–Crippen MR) is 132 cm³/mol. The van der Waals surface area contributed by atoms with E-state index >= 15 is 0 Å². The number of benzene rings is 3. The maximum absolute atomic E-state index is 13.1. The lowest BCUT2D eigenvalue weighted by Gasteiger charge is -2.17. The van der Waals surface area contributed by atoms with Crippen LogP contribution in [0.3, 0.4) is 0 Å². The van der Waals surface area contributed by atoms with Crippen LogP contribution < -0.4 is 10.2 Å². The van der Waals surface area contributed by atoms with E-state index in [2.05, 4.69) is 5.32 Å². The molecule has 0 radical (unpaired) electrons. The molecule has 0 saturated heterocycles. The van der Waals surface area contributed by atoms with Gasteiger partial charge in [-0.15, -0.1) is 0 Å². The Morgan fingerprint density at radius 2 is 1.89 bits per heavy atom. The number of hydrogen-bond donors (Lipinski definition) is 2. The number of carbonyl (C=O) groups excluding carboxylic acids is 2. The number of ether oxygens (including phenoxy) is 1. The second kappa shape index (κ2) is 9.15. The number of nitrogens with zero attached hydrogens (tertiary/aromatic N) is 2. The third-order valence-electron chi connectivity index (χ3n) is 6.25. The normalized spacial score (nSPS) is 16.6. The van der Waals surface area contributed by atoms with E-state index in [1.165, 1.54) is 19.2 Å². The number of aromatic carboxylic acids is 1. The van der Waals surface area contributed by atoms with Gasteiger partial charge in [0.1, 0.15) is 12.5 Å². The highest BCUT2D eigenvalue weighted by atomic mass is 16.5.